The standard InChI is InChI=1S/C9H14N4O2/c1-4-5-10-13(3)7-6-8(14)12(2)9(15)11-7/h5-6H,4H2,1-3H3,(H,11,15)/b10-5+. The van der Waals surface area contributed by atoms with E-state index in [2.05, 4.69) is 10.1 Å². The molecule has 1 N–H and O–H groups in total. The van der Waals surface area contributed by atoms with E-state index in [0.29, 0.717) is 5.82 Å². The van der Waals surface area contributed by atoms with E-state index in [1.807, 2.05) is 6.92 Å². The highest BCUT2D eigenvalue weighted by atomic mass is 16.2. The fourth-order valence-corrected chi connectivity index (χ4v) is 0.984. The topological polar surface area (TPSA) is 70.5 Å². The van der Waals surface area contributed by atoms with Gasteiger partial charge in [-0.25, -0.2) is 4.79 Å². The normalized spacial score (nSPS) is 10.9. The van der Waals surface area contributed by atoms with Crippen LogP contribution < -0.4 is 16.3 Å². The number of anilines is 1. The summed E-state index contributed by atoms with van der Waals surface area (Å²) in [7, 11) is 3.08. The SMILES string of the molecule is CC/C=N/N(C)c1cc(=O)n(C)c(=O)[nH]1. The summed E-state index contributed by atoms with van der Waals surface area (Å²) in [5, 5.41) is 5.47. The predicted molar refractivity (Wildman–Crippen MR) is 59.5 cm³/mol. The molecule has 0 radical (unpaired) electrons. The molecular formula is C9H14N4O2. The minimum Gasteiger partial charge on any atom is -0.292 e. The van der Waals surface area contributed by atoms with Crippen LogP contribution >= 0.6 is 0 Å². The molecule has 1 aromatic rings. The summed E-state index contributed by atoms with van der Waals surface area (Å²) >= 11 is 0. The summed E-state index contributed by atoms with van der Waals surface area (Å²) in [4.78, 5) is 25.1. The van der Waals surface area contributed by atoms with Crippen molar-refractivity contribution < 1.29 is 0 Å². The Labute approximate surface area is 86.9 Å². The van der Waals surface area contributed by atoms with Gasteiger partial charge in [0.05, 0.1) is 0 Å². The quantitative estimate of drug-likeness (QED) is 0.559. The van der Waals surface area contributed by atoms with Crippen LogP contribution in [0.3, 0.4) is 0 Å². The molecule has 0 saturated heterocycles. The molecular weight excluding hydrogens is 196 g/mol. The van der Waals surface area contributed by atoms with Crippen molar-refractivity contribution in [2.45, 2.75) is 13.3 Å². The summed E-state index contributed by atoms with van der Waals surface area (Å²) in [6.07, 6.45) is 2.48. The maximum atomic E-state index is 11.3. The van der Waals surface area contributed by atoms with Gasteiger partial charge >= 0.3 is 5.69 Å². The van der Waals surface area contributed by atoms with E-state index in [0.717, 1.165) is 11.0 Å². The second-order valence-corrected chi connectivity index (χ2v) is 3.09. The van der Waals surface area contributed by atoms with Crippen LogP contribution in [0.5, 0.6) is 0 Å². The van der Waals surface area contributed by atoms with Crippen LogP contribution in [0.15, 0.2) is 20.8 Å². The molecule has 6 heteroatoms. The van der Waals surface area contributed by atoms with Crippen LogP contribution in [0.25, 0.3) is 0 Å². The molecule has 15 heavy (non-hydrogen) atoms. The van der Waals surface area contributed by atoms with Gasteiger partial charge in [0.1, 0.15) is 5.82 Å². The van der Waals surface area contributed by atoms with Gasteiger partial charge < -0.3 is 0 Å². The first-order valence-electron chi connectivity index (χ1n) is 4.62. The van der Waals surface area contributed by atoms with Gasteiger partial charge in [0.15, 0.2) is 0 Å². The summed E-state index contributed by atoms with van der Waals surface area (Å²) < 4.78 is 1.00. The van der Waals surface area contributed by atoms with Crippen molar-refractivity contribution in [1.82, 2.24) is 9.55 Å². The zero-order valence-electron chi connectivity index (χ0n) is 9.02. The van der Waals surface area contributed by atoms with Crippen molar-refractivity contribution in [3.63, 3.8) is 0 Å². The van der Waals surface area contributed by atoms with E-state index in [1.54, 1.807) is 13.3 Å². The highest BCUT2D eigenvalue weighted by Crippen LogP contribution is 2.01. The number of hydrogen-bond acceptors (Lipinski definition) is 4. The molecule has 0 unspecified atom stereocenters. The first kappa shape index (κ1) is 11.2. The molecule has 0 fully saturated rings. The van der Waals surface area contributed by atoms with Crippen LogP contribution in [-0.4, -0.2) is 22.8 Å². The van der Waals surface area contributed by atoms with Crippen molar-refractivity contribution in [2.24, 2.45) is 12.1 Å². The lowest BCUT2D eigenvalue weighted by Gasteiger charge is -2.11. The monoisotopic (exact) mass is 210 g/mol. The smallest absolute Gasteiger partial charge is 0.292 e. The summed E-state index contributed by atoms with van der Waals surface area (Å²) in [6, 6.07) is 1.33. The lowest BCUT2D eigenvalue weighted by molar-refractivity contribution is 0.766. The van der Waals surface area contributed by atoms with E-state index < -0.39 is 5.69 Å². The highest BCUT2D eigenvalue weighted by molar-refractivity contribution is 5.58. The number of H-pyrrole nitrogens is 1. The van der Waals surface area contributed by atoms with Crippen LogP contribution in [0, 0.1) is 0 Å². The Morgan fingerprint density at radius 1 is 1.60 bits per heavy atom. The highest BCUT2D eigenvalue weighted by Gasteiger charge is 2.03. The lowest BCUT2D eigenvalue weighted by atomic mass is 10.5. The first-order chi connectivity index (χ1) is 7.06. The van der Waals surface area contributed by atoms with E-state index in [-0.39, 0.29) is 5.56 Å². The molecule has 0 aliphatic heterocycles. The Bertz CT molecular complexity index is 440. The largest absolute Gasteiger partial charge is 0.329 e. The third kappa shape index (κ3) is 2.55. The molecule has 0 aliphatic carbocycles. The number of nitrogens with zero attached hydrogens (tertiary/aromatic N) is 3. The Balaban J connectivity index is 3.12. The van der Waals surface area contributed by atoms with Gasteiger partial charge in [-0.15, -0.1) is 0 Å². The maximum absolute atomic E-state index is 11.3. The Hall–Kier alpha value is -1.85. The number of aromatic amines is 1. The van der Waals surface area contributed by atoms with Crippen molar-refractivity contribution in [3.05, 3.63) is 26.9 Å². The van der Waals surface area contributed by atoms with Gasteiger partial charge in [0.25, 0.3) is 5.56 Å². The summed E-state index contributed by atoms with van der Waals surface area (Å²) in [5.74, 6) is 0.382. The van der Waals surface area contributed by atoms with Crippen molar-refractivity contribution in [3.8, 4) is 0 Å². The number of rotatable bonds is 3. The summed E-state index contributed by atoms with van der Waals surface area (Å²) in [5.41, 5.74) is -0.802. The van der Waals surface area contributed by atoms with E-state index in [9.17, 15) is 9.59 Å². The molecule has 0 aliphatic rings. The first-order valence-corrected chi connectivity index (χ1v) is 4.62. The molecule has 82 valence electrons. The molecule has 6 nitrogen and oxygen atoms in total. The van der Waals surface area contributed by atoms with Crippen molar-refractivity contribution in [1.29, 1.82) is 0 Å². The van der Waals surface area contributed by atoms with E-state index in [1.165, 1.54) is 18.1 Å². The molecule has 0 spiro atoms. The maximum Gasteiger partial charge on any atom is 0.329 e. The third-order valence-corrected chi connectivity index (χ3v) is 1.92. The molecule has 1 heterocycles. The average molecular weight is 210 g/mol. The summed E-state index contributed by atoms with van der Waals surface area (Å²) in [6.45, 7) is 1.95. The zero-order chi connectivity index (χ0) is 11.4. The molecule has 0 saturated carbocycles. The number of hydrogen-bond donors (Lipinski definition) is 1. The lowest BCUT2D eigenvalue weighted by Crippen LogP contribution is -2.33. The van der Waals surface area contributed by atoms with Crippen LogP contribution in [0.4, 0.5) is 5.82 Å². The second kappa shape index (κ2) is 4.59. The van der Waals surface area contributed by atoms with E-state index in [4.69, 9.17) is 0 Å². The Morgan fingerprint density at radius 2 is 2.27 bits per heavy atom. The minimum atomic E-state index is -0.448. The third-order valence-electron chi connectivity index (χ3n) is 1.92. The molecule has 0 atom stereocenters. The van der Waals surface area contributed by atoms with E-state index >= 15 is 0 Å². The van der Waals surface area contributed by atoms with Crippen molar-refractivity contribution in [2.75, 3.05) is 12.1 Å². The zero-order valence-corrected chi connectivity index (χ0v) is 9.02. The average Bonchev–Trinajstić information content (AvgIpc) is 2.21. The molecule has 1 aromatic heterocycles. The number of aromatic nitrogens is 2. The molecule has 0 bridgehead atoms. The van der Waals surface area contributed by atoms with Gasteiger partial charge in [0, 0.05) is 26.4 Å². The van der Waals surface area contributed by atoms with Crippen LogP contribution in [-0.2, 0) is 7.05 Å². The van der Waals surface area contributed by atoms with Crippen LogP contribution in [0.2, 0.25) is 0 Å². The number of nitrogens with one attached hydrogen (secondary N) is 1. The van der Waals surface area contributed by atoms with Gasteiger partial charge in [-0.2, -0.15) is 5.10 Å². The second-order valence-electron chi connectivity index (χ2n) is 3.09. The van der Waals surface area contributed by atoms with Gasteiger partial charge in [-0.05, 0) is 6.42 Å². The van der Waals surface area contributed by atoms with Gasteiger partial charge in [0.2, 0.25) is 0 Å². The molecule has 0 amide bonds. The fraction of sp³-hybridized carbons (Fsp3) is 0.444. The molecule has 1 rings (SSSR count). The van der Waals surface area contributed by atoms with Crippen molar-refractivity contribution >= 4 is 12.0 Å². The molecule has 0 aromatic carbocycles. The van der Waals surface area contributed by atoms with Crippen LogP contribution in [0.1, 0.15) is 13.3 Å². The Morgan fingerprint density at radius 3 is 2.80 bits per heavy atom. The predicted octanol–water partition coefficient (Wildman–Crippen LogP) is -0.0944. The number of hydrazone groups is 1. The minimum absolute atomic E-state index is 0.354. The fourth-order valence-electron chi connectivity index (χ4n) is 0.984. The van der Waals surface area contributed by atoms with Gasteiger partial charge in [-0.3, -0.25) is 19.4 Å². The Kier molecular flexibility index (Phi) is 3.43. The van der Waals surface area contributed by atoms with Gasteiger partial charge in [-0.1, -0.05) is 6.92 Å².